The first-order valence-electron chi connectivity index (χ1n) is 6.45. The van der Waals surface area contributed by atoms with Gasteiger partial charge < -0.3 is 10.4 Å². The largest absolute Gasteiger partial charge is 0.394 e. The van der Waals surface area contributed by atoms with Crippen LogP contribution >= 0.6 is 0 Å². The van der Waals surface area contributed by atoms with Crippen molar-refractivity contribution in [3.8, 4) is 0 Å². The van der Waals surface area contributed by atoms with E-state index in [1.807, 2.05) is 30.0 Å². The summed E-state index contributed by atoms with van der Waals surface area (Å²) >= 11 is 0. The fourth-order valence-electron chi connectivity index (χ4n) is 2.54. The number of rotatable bonds is 4. The molecular weight excluding hydrogens is 228 g/mol. The van der Waals surface area contributed by atoms with Crippen LogP contribution in [0.25, 0.3) is 0 Å². The van der Waals surface area contributed by atoms with Gasteiger partial charge in [-0.3, -0.25) is 9.69 Å². The molecule has 18 heavy (non-hydrogen) atoms. The van der Waals surface area contributed by atoms with Crippen LogP contribution < -0.4 is 5.32 Å². The van der Waals surface area contributed by atoms with Crippen molar-refractivity contribution < 1.29 is 9.90 Å². The van der Waals surface area contributed by atoms with E-state index in [2.05, 4.69) is 11.4 Å². The minimum Gasteiger partial charge on any atom is -0.394 e. The summed E-state index contributed by atoms with van der Waals surface area (Å²) < 4.78 is 0. The number of aliphatic hydroxyl groups excluding tert-OH is 1. The van der Waals surface area contributed by atoms with Crippen molar-refractivity contribution in [2.75, 3.05) is 26.2 Å². The van der Waals surface area contributed by atoms with Gasteiger partial charge in [0.25, 0.3) is 0 Å². The number of fused-ring (bicyclic) bond motifs is 1. The molecule has 0 fully saturated rings. The monoisotopic (exact) mass is 248 g/mol. The van der Waals surface area contributed by atoms with E-state index in [1.165, 1.54) is 5.56 Å². The number of carbonyl (C=O) groups excluding carboxylic acids is 1. The fourth-order valence-corrected chi connectivity index (χ4v) is 2.54. The van der Waals surface area contributed by atoms with Crippen LogP contribution in [-0.4, -0.2) is 42.2 Å². The van der Waals surface area contributed by atoms with E-state index < -0.39 is 0 Å². The summed E-state index contributed by atoms with van der Waals surface area (Å²) in [7, 11) is 0. The van der Waals surface area contributed by atoms with Crippen molar-refractivity contribution in [3.05, 3.63) is 35.4 Å². The smallest absolute Gasteiger partial charge is 0.234 e. The molecule has 1 aliphatic heterocycles. The molecule has 0 saturated heterocycles. The molecule has 0 spiro atoms. The average Bonchev–Trinajstić information content (AvgIpc) is 2.38. The molecule has 1 aromatic rings. The van der Waals surface area contributed by atoms with Crippen molar-refractivity contribution in [1.29, 1.82) is 0 Å². The van der Waals surface area contributed by atoms with Gasteiger partial charge >= 0.3 is 0 Å². The van der Waals surface area contributed by atoms with Crippen molar-refractivity contribution >= 4 is 5.91 Å². The molecule has 4 nitrogen and oxygen atoms in total. The van der Waals surface area contributed by atoms with E-state index in [-0.39, 0.29) is 18.6 Å². The molecule has 0 bridgehead atoms. The molecule has 4 heteroatoms. The Hall–Kier alpha value is -1.39. The Morgan fingerprint density at radius 1 is 1.50 bits per heavy atom. The second-order valence-electron chi connectivity index (χ2n) is 4.57. The summed E-state index contributed by atoms with van der Waals surface area (Å²) in [6, 6.07) is 8.09. The predicted molar refractivity (Wildman–Crippen MR) is 70.2 cm³/mol. The molecule has 0 saturated carbocycles. The highest BCUT2D eigenvalue weighted by atomic mass is 16.3. The highest BCUT2D eigenvalue weighted by Crippen LogP contribution is 2.28. The lowest BCUT2D eigenvalue weighted by Gasteiger charge is -2.35. The first-order valence-corrected chi connectivity index (χ1v) is 6.45. The van der Waals surface area contributed by atoms with Crippen LogP contribution in [0.1, 0.15) is 24.1 Å². The second kappa shape index (κ2) is 5.98. The number of amides is 1. The molecule has 0 radical (unpaired) electrons. The molecule has 1 unspecified atom stereocenters. The lowest BCUT2D eigenvalue weighted by molar-refractivity contribution is -0.123. The van der Waals surface area contributed by atoms with E-state index in [9.17, 15) is 9.90 Å². The van der Waals surface area contributed by atoms with Crippen LogP contribution in [0.5, 0.6) is 0 Å². The van der Waals surface area contributed by atoms with Crippen LogP contribution in [-0.2, 0) is 11.2 Å². The normalized spacial score (nSPS) is 19.3. The molecular formula is C14H20N2O2. The van der Waals surface area contributed by atoms with E-state index >= 15 is 0 Å². The van der Waals surface area contributed by atoms with Crippen LogP contribution in [0.15, 0.2) is 24.3 Å². The molecule has 1 atom stereocenters. The van der Waals surface area contributed by atoms with Gasteiger partial charge in [-0.05, 0) is 24.5 Å². The lowest BCUT2D eigenvalue weighted by Crippen LogP contribution is -2.43. The van der Waals surface area contributed by atoms with Crippen molar-refractivity contribution in [3.63, 3.8) is 0 Å². The number of hydrogen-bond acceptors (Lipinski definition) is 3. The molecule has 2 rings (SSSR count). The standard InChI is InChI=1S/C14H20N2O2/c1-2-15-14(18)9-16-8-7-11-5-3-4-6-12(11)13(16)10-17/h3-6,13,17H,2,7-10H2,1H3,(H,15,18). The van der Waals surface area contributed by atoms with E-state index in [0.29, 0.717) is 13.1 Å². The van der Waals surface area contributed by atoms with Gasteiger partial charge in [0.2, 0.25) is 5.91 Å². The van der Waals surface area contributed by atoms with Gasteiger partial charge in [0.05, 0.1) is 19.2 Å². The lowest BCUT2D eigenvalue weighted by atomic mass is 9.93. The van der Waals surface area contributed by atoms with Crippen LogP contribution in [0.3, 0.4) is 0 Å². The van der Waals surface area contributed by atoms with Gasteiger partial charge in [-0.2, -0.15) is 0 Å². The molecule has 0 aromatic heterocycles. The molecule has 0 aliphatic carbocycles. The summed E-state index contributed by atoms with van der Waals surface area (Å²) in [5.74, 6) is 0.0235. The highest BCUT2D eigenvalue weighted by Gasteiger charge is 2.27. The first kappa shape index (κ1) is 13.1. The molecule has 2 N–H and O–H groups in total. The molecule has 1 aliphatic rings. The van der Waals surface area contributed by atoms with Gasteiger partial charge in [-0.25, -0.2) is 0 Å². The maximum absolute atomic E-state index is 11.7. The molecule has 1 amide bonds. The Morgan fingerprint density at radius 3 is 3.00 bits per heavy atom. The number of carbonyl (C=O) groups is 1. The zero-order valence-corrected chi connectivity index (χ0v) is 10.7. The predicted octanol–water partition coefficient (Wildman–Crippen LogP) is 0.714. The van der Waals surface area contributed by atoms with Gasteiger partial charge in [-0.1, -0.05) is 24.3 Å². The SMILES string of the molecule is CCNC(=O)CN1CCc2ccccc2C1CO. The Morgan fingerprint density at radius 2 is 2.28 bits per heavy atom. The van der Waals surface area contributed by atoms with Crippen molar-refractivity contribution in [2.24, 2.45) is 0 Å². The van der Waals surface area contributed by atoms with E-state index in [4.69, 9.17) is 0 Å². The third-order valence-electron chi connectivity index (χ3n) is 3.42. The average molecular weight is 248 g/mol. The molecule has 1 heterocycles. The number of likely N-dealkylation sites (N-methyl/N-ethyl adjacent to an activating group) is 1. The number of hydrogen-bond donors (Lipinski definition) is 2. The topological polar surface area (TPSA) is 52.6 Å². The van der Waals surface area contributed by atoms with Crippen LogP contribution in [0.2, 0.25) is 0 Å². The Labute approximate surface area is 108 Å². The summed E-state index contributed by atoms with van der Waals surface area (Å²) in [5.41, 5.74) is 2.43. The number of aliphatic hydroxyl groups is 1. The van der Waals surface area contributed by atoms with Crippen molar-refractivity contribution in [1.82, 2.24) is 10.2 Å². The third kappa shape index (κ3) is 2.71. The molecule has 98 valence electrons. The zero-order valence-electron chi connectivity index (χ0n) is 10.7. The Kier molecular flexibility index (Phi) is 4.33. The maximum atomic E-state index is 11.7. The quantitative estimate of drug-likeness (QED) is 0.825. The second-order valence-corrected chi connectivity index (χ2v) is 4.57. The number of nitrogens with zero attached hydrogens (tertiary/aromatic N) is 1. The Balaban J connectivity index is 2.13. The first-order chi connectivity index (χ1) is 8.76. The maximum Gasteiger partial charge on any atom is 0.234 e. The highest BCUT2D eigenvalue weighted by molar-refractivity contribution is 5.78. The summed E-state index contributed by atoms with van der Waals surface area (Å²) in [4.78, 5) is 13.7. The van der Waals surface area contributed by atoms with E-state index in [0.717, 1.165) is 18.5 Å². The number of nitrogens with one attached hydrogen (secondary N) is 1. The minimum absolute atomic E-state index is 0.0235. The van der Waals surface area contributed by atoms with Crippen molar-refractivity contribution in [2.45, 2.75) is 19.4 Å². The zero-order chi connectivity index (χ0) is 13.0. The minimum atomic E-state index is -0.0578. The van der Waals surface area contributed by atoms with E-state index in [1.54, 1.807) is 0 Å². The summed E-state index contributed by atoms with van der Waals surface area (Å²) in [6.07, 6.45) is 0.937. The van der Waals surface area contributed by atoms with Crippen LogP contribution in [0.4, 0.5) is 0 Å². The van der Waals surface area contributed by atoms with Gasteiger partial charge in [0, 0.05) is 13.1 Å². The fraction of sp³-hybridized carbons (Fsp3) is 0.500. The van der Waals surface area contributed by atoms with Gasteiger partial charge in [0.1, 0.15) is 0 Å². The molecule has 1 aromatic carbocycles. The summed E-state index contributed by atoms with van der Waals surface area (Å²) in [6.45, 7) is 3.78. The number of benzene rings is 1. The summed E-state index contributed by atoms with van der Waals surface area (Å²) in [5, 5.41) is 12.4. The van der Waals surface area contributed by atoms with Crippen LogP contribution in [0, 0.1) is 0 Å². The van der Waals surface area contributed by atoms with Gasteiger partial charge in [-0.15, -0.1) is 0 Å². The third-order valence-corrected chi connectivity index (χ3v) is 3.42. The van der Waals surface area contributed by atoms with Gasteiger partial charge in [0.15, 0.2) is 0 Å². The Bertz CT molecular complexity index is 420.